The highest BCUT2D eigenvalue weighted by Gasteiger charge is 2.44. The molecule has 9 nitrogen and oxygen atoms in total. The number of aromatic hydroxyl groups is 1. The van der Waals surface area contributed by atoms with Crippen LogP contribution in [0, 0.1) is 5.41 Å². The molecule has 0 spiro atoms. The minimum Gasteiger partial charge on any atom is -0.506 e. The number of hydrogen-bond donors (Lipinski definition) is 3. The predicted octanol–water partition coefficient (Wildman–Crippen LogP) is 6.51. The van der Waals surface area contributed by atoms with Gasteiger partial charge in [-0.25, -0.2) is 4.79 Å². The average Bonchev–Trinajstić information content (AvgIpc) is 3.10. The molecule has 1 heterocycles. The van der Waals surface area contributed by atoms with E-state index in [1.54, 1.807) is 37.3 Å². The number of carbonyl (C=O) groups excluding carboxylic acids is 3. The third-order valence-corrected chi connectivity index (χ3v) is 7.76. The van der Waals surface area contributed by atoms with E-state index in [-0.39, 0.29) is 47.2 Å². The van der Waals surface area contributed by atoms with Crippen molar-refractivity contribution < 1.29 is 29.0 Å². The highest BCUT2D eigenvalue weighted by molar-refractivity contribution is 6.31. The number of amides is 2. The first kappa shape index (κ1) is 30.0. The van der Waals surface area contributed by atoms with Gasteiger partial charge in [-0.05, 0) is 54.2 Å². The SMILES string of the molecule is CCOC(=O)CNC(=O)N1c2cccc(O)c2NC2=C(C(=O)CC(C)(C)C2)C1c1ccc(OCc2ccccc2)cc1Cl. The molecule has 0 saturated heterocycles. The van der Waals surface area contributed by atoms with Gasteiger partial charge in [0.2, 0.25) is 0 Å². The monoisotopic (exact) mass is 603 g/mol. The summed E-state index contributed by atoms with van der Waals surface area (Å²) in [5, 5.41) is 17.1. The molecule has 0 aromatic heterocycles. The molecule has 0 bridgehead atoms. The van der Waals surface area contributed by atoms with E-state index in [2.05, 4.69) is 10.6 Å². The Morgan fingerprint density at radius 1 is 1.09 bits per heavy atom. The summed E-state index contributed by atoms with van der Waals surface area (Å²) in [6, 6.07) is 18.0. The Morgan fingerprint density at radius 3 is 2.58 bits per heavy atom. The molecule has 224 valence electrons. The minimum atomic E-state index is -0.980. The van der Waals surface area contributed by atoms with E-state index in [1.807, 2.05) is 44.2 Å². The number of phenolic OH excluding ortho intramolecular Hbond substituents is 1. The highest BCUT2D eigenvalue weighted by atomic mass is 35.5. The normalized spacial score (nSPS) is 17.3. The van der Waals surface area contributed by atoms with Crippen LogP contribution >= 0.6 is 11.6 Å². The number of carbonyl (C=O) groups is 3. The summed E-state index contributed by atoms with van der Waals surface area (Å²) in [6.45, 7) is 5.78. The zero-order valence-electron chi connectivity index (χ0n) is 24.3. The van der Waals surface area contributed by atoms with Gasteiger partial charge in [-0.3, -0.25) is 14.5 Å². The fourth-order valence-corrected chi connectivity index (χ4v) is 5.84. The number of esters is 1. The van der Waals surface area contributed by atoms with Crippen molar-refractivity contribution >= 4 is 40.8 Å². The Balaban J connectivity index is 1.62. The van der Waals surface area contributed by atoms with Crippen LogP contribution in [0.3, 0.4) is 0 Å². The van der Waals surface area contributed by atoms with Crippen LogP contribution in [0.4, 0.5) is 16.2 Å². The number of halogens is 1. The summed E-state index contributed by atoms with van der Waals surface area (Å²) in [4.78, 5) is 41.4. The fourth-order valence-electron chi connectivity index (χ4n) is 5.57. The summed E-state index contributed by atoms with van der Waals surface area (Å²) >= 11 is 6.91. The second-order valence-corrected chi connectivity index (χ2v) is 11.7. The lowest BCUT2D eigenvalue weighted by molar-refractivity contribution is -0.141. The maximum atomic E-state index is 14.0. The molecular formula is C33H34ClN3O6. The molecule has 10 heteroatoms. The first-order valence-corrected chi connectivity index (χ1v) is 14.5. The topological polar surface area (TPSA) is 117 Å². The highest BCUT2D eigenvalue weighted by Crippen LogP contribution is 2.51. The maximum absolute atomic E-state index is 14.0. The zero-order chi connectivity index (χ0) is 30.7. The average molecular weight is 604 g/mol. The van der Waals surface area contributed by atoms with Crippen LogP contribution in [0.2, 0.25) is 5.02 Å². The summed E-state index contributed by atoms with van der Waals surface area (Å²) in [7, 11) is 0. The fraction of sp³-hybridized carbons (Fsp3) is 0.303. The summed E-state index contributed by atoms with van der Waals surface area (Å²) in [5.41, 5.74) is 2.65. The zero-order valence-corrected chi connectivity index (χ0v) is 25.0. The number of ketones is 1. The Kier molecular flexibility index (Phi) is 8.64. The van der Waals surface area contributed by atoms with E-state index >= 15 is 0 Å². The van der Waals surface area contributed by atoms with Crippen molar-refractivity contribution in [1.82, 2.24) is 5.32 Å². The number of anilines is 2. The smallest absolute Gasteiger partial charge is 0.325 e. The lowest BCUT2D eigenvalue weighted by Gasteiger charge is -2.37. The lowest BCUT2D eigenvalue weighted by Crippen LogP contribution is -2.46. The van der Waals surface area contributed by atoms with Crippen LogP contribution in [-0.4, -0.2) is 36.0 Å². The molecular weight excluding hydrogens is 570 g/mol. The number of phenols is 1. The van der Waals surface area contributed by atoms with E-state index in [0.717, 1.165) is 5.56 Å². The van der Waals surface area contributed by atoms with Crippen molar-refractivity contribution in [3.8, 4) is 11.5 Å². The number of benzene rings is 3. The quantitative estimate of drug-likeness (QED) is 0.208. The van der Waals surface area contributed by atoms with Crippen molar-refractivity contribution in [3.05, 3.63) is 94.1 Å². The maximum Gasteiger partial charge on any atom is 0.325 e. The number of hydrogen-bond acceptors (Lipinski definition) is 7. The van der Waals surface area contributed by atoms with Gasteiger partial charge >= 0.3 is 12.0 Å². The van der Waals surface area contributed by atoms with Crippen molar-refractivity contribution in [2.75, 3.05) is 23.4 Å². The molecule has 5 rings (SSSR count). The van der Waals surface area contributed by atoms with Gasteiger partial charge in [-0.15, -0.1) is 0 Å². The minimum absolute atomic E-state index is 0.0974. The number of rotatable bonds is 7. The van der Waals surface area contributed by atoms with Gasteiger partial charge in [0.05, 0.1) is 18.3 Å². The predicted molar refractivity (Wildman–Crippen MR) is 164 cm³/mol. The van der Waals surface area contributed by atoms with E-state index in [4.69, 9.17) is 21.1 Å². The standard InChI is InChI=1S/C33H34ClN3O6/c1-4-42-28(40)18-35-32(41)37-25-11-8-12-26(38)30(25)36-24-16-33(2,3)17-27(39)29(24)31(37)22-14-13-21(15-23(22)34)43-19-20-9-6-5-7-10-20/h5-15,31,36,38H,4,16-19H2,1-3H3,(H,35,41). The van der Waals surface area contributed by atoms with E-state index in [0.29, 0.717) is 41.3 Å². The lowest BCUT2D eigenvalue weighted by atomic mass is 9.73. The van der Waals surface area contributed by atoms with Crippen LogP contribution in [-0.2, 0) is 20.9 Å². The number of Topliss-reactive ketones (excluding diaryl/α,β-unsaturated/α-hetero) is 1. The largest absolute Gasteiger partial charge is 0.506 e. The van der Waals surface area contributed by atoms with Gasteiger partial charge in [0, 0.05) is 22.7 Å². The van der Waals surface area contributed by atoms with Crippen molar-refractivity contribution in [2.45, 2.75) is 46.3 Å². The Morgan fingerprint density at radius 2 is 1.86 bits per heavy atom. The van der Waals surface area contributed by atoms with Gasteiger partial charge < -0.3 is 25.2 Å². The second kappa shape index (κ2) is 12.4. The third kappa shape index (κ3) is 6.46. The van der Waals surface area contributed by atoms with Gasteiger partial charge in [0.15, 0.2) is 5.78 Å². The number of para-hydroxylation sites is 1. The molecule has 3 N–H and O–H groups in total. The van der Waals surface area contributed by atoms with Crippen LogP contribution in [0.15, 0.2) is 78.0 Å². The van der Waals surface area contributed by atoms with Gasteiger partial charge in [-0.1, -0.05) is 67.9 Å². The molecule has 2 amide bonds. The molecule has 2 aliphatic rings. The molecule has 0 radical (unpaired) electrons. The number of fused-ring (bicyclic) bond motifs is 1. The number of urea groups is 1. The van der Waals surface area contributed by atoms with Gasteiger partial charge in [0.25, 0.3) is 0 Å². The van der Waals surface area contributed by atoms with Crippen LogP contribution in [0.5, 0.6) is 11.5 Å². The molecule has 1 aliphatic carbocycles. The molecule has 1 atom stereocenters. The van der Waals surface area contributed by atoms with E-state index in [1.165, 1.54) is 11.0 Å². The molecule has 1 aliphatic heterocycles. The molecule has 1 unspecified atom stereocenters. The molecule has 0 fully saturated rings. The number of nitrogens with zero attached hydrogens (tertiary/aromatic N) is 1. The third-order valence-electron chi connectivity index (χ3n) is 7.43. The first-order chi connectivity index (χ1) is 20.6. The van der Waals surface area contributed by atoms with Gasteiger partial charge in [0.1, 0.15) is 30.3 Å². The molecule has 3 aromatic rings. The van der Waals surface area contributed by atoms with Crippen LogP contribution in [0.1, 0.15) is 50.8 Å². The Labute approximate surface area is 255 Å². The summed E-state index contributed by atoms with van der Waals surface area (Å²) in [6.07, 6.45) is 0.743. The number of allylic oxidation sites excluding steroid dienone is 1. The van der Waals surface area contributed by atoms with Crippen molar-refractivity contribution in [2.24, 2.45) is 5.41 Å². The molecule has 43 heavy (non-hydrogen) atoms. The number of ether oxygens (including phenoxy) is 2. The summed E-state index contributed by atoms with van der Waals surface area (Å²) in [5.74, 6) is -0.338. The number of nitrogens with one attached hydrogen (secondary N) is 2. The van der Waals surface area contributed by atoms with Crippen molar-refractivity contribution in [1.29, 1.82) is 0 Å². The van der Waals surface area contributed by atoms with Crippen LogP contribution in [0.25, 0.3) is 0 Å². The Hall–Kier alpha value is -4.50. The first-order valence-electron chi connectivity index (χ1n) is 14.1. The summed E-state index contributed by atoms with van der Waals surface area (Å²) < 4.78 is 11.0. The van der Waals surface area contributed by atoms with Gasteiger partial charge in [-0.2, -0.15) is 0 Å². The van der Waals surface area contributed by atoms with E-state index < -0.39 is 18.0 Å². The van der Waals surface area contributed by atoms with Crippen molar-refractivity contribution in [3.63, 3.8) is 0 Å². The van der Waals surface area contributed by atoms with E-state index in [9.17, 15) is 19.5 Å². The molecule has 0 saturated carbocycles. The van der Waals surface area contributed by atoms with Crippen LogP contribution < -0.4 is 20.3 Å². The second-order valence-electron chi connectivity index (χ2n) is 11.3. The molecule has 3 aromatic carbocycles. The Bertz CT molecular complexity index is 1590.